The molecule has 0 bridgehead atoms. The maximum absolute atomic E-state index is 12.6. The molecule has 0 spiro atoms. The SMILES string of the molecule is CC(N)C(=O)NC1C=C(N2CC(CNC(=O)c3ccc(Cl)s3)OC2=O)C=CC1N1CCCC1. The highest BCUT2D eigenvalue weighted by Gasteiger charge is 2.37. The van der Waals surface area contributed by atoms with Gasteiger partial charge in [-0.05, 0) is 57.1 Å². The molecule has 4 rings (SSSR count). The van der Waals surface area contributed by atoms with Crippen molar-refractivity contribution in [3.05, 3.63) is 45.3 Å². The quantitative estimate of drug-likeness (QED) is 0.532. The molecule has 178 valence electrons. The summed E-state index contributed by atoms with van der Waals surface area (Å²) >= 11 is 7.07. The number of thiophene rings is 1. The van der Waals surface area contributed by atoms with Gasteiger partial charge in [0.25, 0.3) is 5.91 Å². The Morgan fingerprint density at radius 3 is 2.76 bits per heavy atom. The number of hydrogen-bond donors (Lipinski definition) is 3. The van der Waals surface area contributed by atoms with Crippen molar-refractivity contribution < 1.29 is 19.1 Å². The van der Waals surface area contributed by atoms with Crippen LogP contribution in [0.25, 0.3) is 0 Å². The van der Waals surface area contributed by atoms with E-state index in [0.717, 1.165) is 25.9 Å². The number of carbonyl (C=O) groups is 3. The third-order valence-electron chi connectivity index (χ3n) is 5.94. The van der Waals surface area contributed by atoms with Gasteiger partial charge in [0, 0.05) is 5.70 Å². The first-order valence-corrected chi connectivity index (χ1v) is 12.2. The summed E-state index contributed by atoms with van der Waals surface area (Å²) in [5.41, 5.74) is 6.42. The Kier molecular flexibility index (Phi) is 7.38. The molecule has 33 heavy (non-hydrogen) atoms. The monoisotopic (exact) mass is 493 g/mol. The number of carbonyl (C=O) groups excluding carboxylic acids is 3. The summed E-state index contributed by atoms with van der Waals surface area (Å²) in [4.78, 5) is 41.5. The van der Waals surface area contributed by atoms with Crippen LogP contribution in [0.15, 0.2) is 36.1 Å². The second-order valence-corrected chi connectivity index (χ2v) is 10.2. The van der Waals surface area contributed by atoms with E-state index < -0.39 is 18.2 Å². The van der Waals surface area contributed by atoms with E-state index in [1.54, 1.807) is 19.1 Å². The van der Waals surface area contributed by atoms with Crippen LogP contribution >= 0.6 is 22.9 Å². The van der Waals surface area contributed by atoms with Crippen LogP contribution in [-0.4, -0.2) is 78.1 Å². The lowest BCUT2D eigenvalue weighted by atomic mass is 9.98. The standard InChI is InChI=1S/C22H28ClN5O4S/c1-13(24)20(29)26-16-10-14(4-5-17(16)27-8-2-3-9-27)28-12-15(32-22(28)31)11-25-21(30)18-6-7-19(23)33-18/h4-7,10,13,15-17H,2-3,8-9,11-12,24H2,1H3,(H,25,30)(H,26,29). The molecule has 2 aliphatic heterocycles. The highest BCUT2D eigenvalue weighted by atomic mass is 35.5. The van der Waals surface area contributed by atoms with E-state index in [1.165, 1.54) is 16.2 Å². The van der Waals surface area contributed by atoms with Crippen molar-refractivity contribution >= 4 is 40.8 Å². The maximum Gasteiger partial charge on any atom is 0.414 e. The van der Waals surface area contributed by atoms with Gasteiger partial charge in [0.15, 0.2) is 0 Å². The molecule has 1 aromatic rings. The van der Waals surface area contributed by atoms with Gasteiger partial charge in [-0.15, -0.1) is 11.3 Å². The van der Waals surface area contributed by atoms with Crippen LogP contribution in [0.4, 0.5) is 4.79 Å². The van der Waals surface area contributed by atoms with Gasteiger partial charge in [0.1, 0.15) is 6.10 Å². The molecular formula is C22H28ClN5O4S. The summed E-state index contributed by atoms with van der Waals surface area (Å²) in [5.74, 6) is -0.501. The fraction of sp³-hybridized carbons (Fsp3) is 0.500. The number of rotatable bonds is 7. The predicted molar refractivity (Wildman–Crippen MR) is 126 cm³/mol. The molecule has 9 nitrogen and oxygen atoms in total. The largest absolute Gasteiger partial charge is 0.442 e. The van der Waals surface area contributed by atoms with Crippen molar-refractivity contribution in [3.63, 3.8) is 0 Å². The smallest absolute Gasteiger partial charge is 0.414 e. The Bertz CT molecular complexity index is 972. The number of likely N-dealkylation sites (tertiary alicyclic amines) is 1. The number of ether oxygens (including phenoxy) is 1. The topological polar surface area (TPSA) is 117 Å². The Labute approximate surface area is 201 Å². The zero-order chi connectivity index (χ0) is 23.5. The average Bonchev–Trinajstić information content (AvgIpc) is 3.53. The van der Waals surface area contributed by atoms with Crippen molar-refractivity contribution in [1.82, 2.24) is 20.4 Å². The van der Waals surface area contributed by atoms with Crippen LogP contribution in [0.5, 0.6) is 0 Å². The van der Waals surface area contributed by atoms with Crippen molar-refractivity contribution in [2.24, 2.45) is 5.73 Å². The number of allylic oxidation sites excluding steroid dienone is 1. The second kappa shape index (κ2) is 10.3. The van der Waals surface area contributed by atoms with Gasteiger partial charge in [0.05, 0.1) is 40.4 Å². The summed E-state index contributed by atoms with van der Waals surface area (Å²) in [6, 6.07) is 2.38. The highest BCUT2D eigenvalue weighted by molar-refractivity contribution is 7.18. The molecule has 3 heterocycles. The average molecular weight is 494 g/mol. The lowest BCUT2D eigenvalue weighted by Crippen LogP contribution is -2.53. The van der Waals surface area contributed by atoms with Crippen molar-refractivity contribution in [2.45, 2.75) is 44.0 Å². The molecule has 0 radical (unpaired) electrons. The van der Waals surface area contributed by atoms with E-state index in [0.29, 0.717) is 21.5 Å². The van der Waals surface area contributed by atoms with E-state index in [1.807, 2.05) is 18.2 Å². The Morgan fingerprint density at radius 1 is 1.33 bits per heavy atom. The van der Waals surface area contributed by atoms with Crippen molar-refractivity contribution in [1.29, 1.82) is 0 Å². The van der Waals surface area contributed by atoms with Gasteiger partial charge in [-0.25, -0.2) is 4.79 Å². The number of nitrogens with one attached hydrogen (secondary N) is 2. The molecule has 4 atom stereocenters. The molecule has 4 N–H and O–H groups in total. The van der Waals surface area contributed by atoms with Gasteiger partial charge in [0.2, 0.25) is 5.91 Å². The molecule has 1 aliphatic carbocycles. The lowest BCUT2D eigenvalue weighted by Gasteiger charge is -2.35. The number of hydrogen-bond acceptors (Lipinski definition) is 7. The maximum atomic E-state index is 12.6. The van der Waals surface area contributed by atoms with Crippen LogP contribution in [0.2, 0.25) is 4.34 Å². The summed E-state index contributed by atoms with van der Waals surface area (Å²) in [6.45, 7) is 4.05. The first-order chi connectivity index (χ1) is 15.8. The van der Waals surface area contributed by atoms with E-state index >= 15 is 0 Å². The van der Waals surface area contributed by atoms with Crippen molar-refractivity contribution in [2.75, 3.05) is 26.2 Å². The normalized spacial score (nSPS) is 26.2. The minimum atomic E-state index is -0.630. The Balaban J connectivity index is 1.41. The number of cyclic esters (lactones) is 1. The zero-order valence-corrected chi connectivity index (χ0v) is 19.9. The molecule has 11 heteroatoms. The van der Waals surface area contributed by atoms with Gasteiger partial charge in [-0.2, -0.15) is 0 Å². The van der Waals surface area contributed by atoms with Crippen LogP contribution in [0.3, 0.4) is 0 Å². The molecular weight excluding hydrogens is 466 g/mol. The molecule has 2 saturated heterocycles. The first kappa shape index (κ1) is 23.7. The molecule has 0 aromatic carbocycles. The van der Waals surface area contributed by atoms with E-state index in [2.05, 4.69) is 15.5 Å². The molecule has 3 aliphatic rings. The van der Waals surface area contributed by atoms with E-state index in [4.69, 9.17) is 22.1 Å². The van der Waals surface area contributed by atoms with Gasteiger partial charge in [-0.1, -0.05) is 17.7 Å². The summed E-state index contributed by atoms with van der Waals surface area (Å²) in [7, 11) is 0. The number of halogens is 1. The summed E-state index contributed by atoms with van der Waals surface area (Å²) in [6.07, 6.45) is 7.08. The third kappa shape index (κ3) is 5.57. The minimum Gasteiger partial charge on any atom is -0.442 e. The van der Waals surface area contributed by atoms with Crippen LogP contribution in [0, 0.1) is 0 Å². The predicted octanol–water partition coefficient (Wildman–Crippen LogP) is 1.70. The number of nitrogens with two attached hydrogens (primary N) is 1. The number of nitrogens with zero attached hydrogens (tertiary/aromatic N) is 2. The van der Waals surface area contributed by atoms with E-state index in [-0.39, 0.29) is 30.4 Å². The summed E-state index contributed by atoms with van der Waals surface area (Å²) in [5, 5.41) is 5.79. The Hall–Kier alpha value is -2.40. The Morgan fingerprint density at radius 2 is 2.09 bits per heavy atom. The summed E-state index contributed by atoms with van der Waals surface area (Å²) < 4.78 is 5.99. The second-order valence-electron chi connectivity index (χ2n) is 8.44. The first-order valence-electron chi connectivity index (χ1n) is 11.0. The van der Waals surface area contributed by atoms with Crippen LogP contribution < -0.4 is 16.4 Å². The third-order valence-corrected chi connectivity index (χ3v) is 7.17. The minimum absolute atomic E-state index is 0.00489. The fourth-order valence-electron chi connectivity index (χ4n) is 4.21. The van der Waals surface area contributed by atoms with Crippen molar-refractivity contribution in [3.8, 4) is 0 Å². The molecule has 3 amide bonds. The molecule has 0 saturated carbocycles. The molecule has 2 fully saturated rings. The number of amides is 3. The fourth-order valence-corrected chi connectivity index (χ4v) is 5.17. The lowest BCUT2D eigenvalue weighted by molar-refractivity contribution is -0.122. The van der Waals surface area contributed by atoms with Crippen LogP contribution in [0.1, 0.15) is 29.4 Å². The highest BCUT2D eigenvalue weighted by Crippen LogP contribution is 2.26. The van der Waals surface area contributed by atoms with Gasteiger partial charge in [-0.3, -0.25) is 19.4 Å². The van der Waals surface area contributed by atoms with Crippen LogP contribution in [-0.2, 0) is 9.53 Å². The van der Waals surface area contributed by atoms with E-state index in [9.17, 15) is 14.4 Å². The van der Waals surface area contributed by atoms with Gasteiger partial charge < -0.3 is 21.1 Å². The van der Waals surface area contributed by atoms with Gasteiger partial charge >= 0.3 is 6.09 Å². The molecule has 1 aromatic heterocycles. The molecule has 4 unspecified atom stereocenters. The zero-order valence-electron chi connectivity index (χ0n) is 18.3.